The Balaban J connectivity index is 1.98. The Morgan fingerprint density at radius 2 is 1.71 bits per heavy atom. The van der Waals surface area contributed by atoms with E-state index in [2.05, 4.69) is 15.7 Å². The summed E-state index contributed by atoms with van der Waals surface area (Å²) in [5.74, 6) is -0.524. The van der Waals surface area contributed by atoms with Crippen molar-refractivity contribution >= 4 is 23.2 Å². The molecule has 7 nitrogen and oxygen atoms in total. The summed E-state index contributed by atoms with van der Waals surface area (Å²) in [6, 6.07) is 9.50. The van der Waals surface area contributed by atoms with E-state index in [-0.39, 0.29) is 23.9 Å². The average molecular weight is 286 g/mol. The van der Waals surface area contributed by atoms with Crippen molar-refractivity contribution in [2.75, 3.05) is 10.6 Å². The minimum Gasteiger partial charge on any atom is -0.326 e. The molecule has 0 spiro atoms. The van der Waals surface area contributed by atoms with Gasteiger partial charge in [-0.2, -0.15) is 5.10 Å². The van der Waals surface area contributed by atoms with E-state index in [0.29, 0.717) is 11.4 Å². The number of nitrogens with one attached hydrogen (secondary N) is 2. The third kappa shape index (κ3) is 4.27. The molecule has 1 aromatic carbocycles. The van der Waals surface area contributed by atoms with Crippen LogP contribution in [0.4, 0.5) is 11.4 Å². The second kappa shape index (κ2) is 6.47. The third-order valence-electron chi connectivity index (χ3n) is 2.57. The maximum atomic E-state index is 11.8. The summed E-state index contributed by atoms with van der Waals surface area (Å²) in [6.45, 7) is 1.26. The lowest BCUT2D eigenvalue weighted by Crippen LogP contribution is -2.28. The van der Waals surface area contributed by atoms with Crippen LogP contribution in [0.5, 0.6) is 0 Å². The van der Waals surface area contributed by atoms with Gasteiger partial charge < -0.3 is 10.6 Å². The molecule has 2 amide bonds. The number of amides is 2. The number of carbonyl (C=O) groups excluding carboxylic acids is 2. The summed E-state index contributed by atoms with van der Waals surface area (Å²) in [4.78, 5) is 34.1. The first-order valence-electron chi connectivity index (χ1n) is 6.24. The second-order valence-electron chi connectivity index (χ2n) is 4.33. The van der Waals surface area contributed by atoms with Crippen molar-refractivity contribution in [1.82, 2.24) is 9.78 Å². The molecule has 2 N–H and O–H groups in total. The number of hydrogen-bond acceptors (Lipinski definition) is 4. The van der Waals surface area contributed by atoms with Crippen LogP contribution < -0.4 is 16.2 Å². The average Bonchev–Trinajstić information content (AvgIpc) is 2.43. The molecule has 0 atom stereocenters. The Morgan fingerprint density at radius 1 is 1.10 bits per heavy atom. The zero-order chi connectivity index (χ0) is 15.2. The van der Waals surface area contributed by atoms with Gasteiger partial charge in [-0.05, 0) is 30.3 Å². The zero-order valence-corrected chi connectivity index (χ0v) is 11.4. The SMILES string of the molecule is CC(=O)Nc1ccc(NC(=O)Cn2ncccc2=O)cc1. The van der Waals surface area contributed by atoms with Gasteiger partial charge in [0.1, 0.15) is 6.54 Å². The molecule has 0 bridgehead atoms. The number of rotatable bonds is 4. The maximum absolute atomic E-state index is 11.8. The number of aromatic nitrogens is 2. The highest BCUT2D eigenvalue weighted by Gasteiger charge is 2.05. The molecule has 1 heterocycles. The van der Waals surface area contributed by atoms with Crippen molar-refractivity contribution in [2.24, 2.45) is 0 Å². The van der Waals surface area contributed by atoms with Crippen molar-refractivity contribution in [3.63, 3.8) is 0 Å². The smallest absolute Gasteiger partial charge is 0.267 e. The van der Waals surface area contributed by atoms with Crippen LogP contribution in [0.1, 0.15) is 6.92 Å². The van der Waals surface area contributed by atoms with Gasteiger partial charge in [0.05, 0.1) is 0 Å². The summed E-state index contributed by atoms with van der Waals surface area (Å²) in [5.41, 5.74) is 0.869. The Hall–Kier alpha value is -2.96. The fourth-order valence-electron chi connectivity index (χ4n) is 1.68. The predicted molar refractivity (Wildman–Crippen MR) is 77.9 cm³/mol. The highest BCUT2D eigenvalue weighted by Crippen LogP contribution is 2.13. The van der Waals surface area contributed by atoms with E-state index in [4.69, 9.17) is 0 Å². The molecule has 0 aliphatic heterocycles. The fraction of sp³-hybridized carbons (Fsp3) is 0.143. The molecule has 0 saturated heterocycles. The summed E-state index contributed by atoms with van der Waals surface area (Å²) in [7, 11) is 0. The van der Waals surface area contributed by atoms with Gasteiger partial charge in [-0.1, -0.05) is 0 Å². The van der Waals surface area contributed by atoms with Crippen LogP contribution in [0.2, 0.25) is 0 Å². The Morgan fingerprint density at radius 3 is 2.29 bits per heavy atom. The zero-order valence-electron chi connectivity index (χ0n) is 11.4. The highest BCUT2D eigenvalue weighted by atomic mass is 16.2. The van der Waals surface area contributed by atoms with Gasteiger partial charge in [0, 0.05) is 30.6 Å². The summed E-state index contributed by atoms with van der Waals surface area (Å²) < 4.78 is 1.07. The summed E-state index contributed by atoms with van der Waals surface area (Å²) in [6.07, 6.45) is 1.44. The second-order valence-corrected chi connectivity index (χ2v) is 4.33. The van der Waals surface area contributed by atoms with Crippen molar-refractivity contribution in [3.05, 3.63) is 52.9 Å². The molecule has 1 aromatic heterocycles. The highest BCUT2D eigenvalue weighted by molar-refractivity contribution is 5.92. The molecule has 0 aliphatic carbocycles. The molecule has 108 valence electrons. The molecule has 0 aliphatic rings. The van der Waals surface area contributed by atoms with E-state index >= 15 is 0 Å². The standard InChI is InChI=1S/C14H14N4O3/c1-10(19)16-11-4-6-12(7-5-11)17-13(20)9-18-14(21)3-2-8-15-18/h2-8H,9H2,1H3,(H,16,19)(H,17,20). The molecule has 0 saturated carbocycles. The molecule has 0 radical (unpaired) electrons. The minimum atomic E-state index is -0.358. The van der Waals surface area contributed by atoms with Gasteiger partial charge in [-0.15, -0.1) is 0 Å². The lowest BCUT2D eigenvalue weighted by Gasteiger charge is -2.07. The molecule has 0 unspecified atom stereocenters. The molecule has 7 heteroatoms. The normalized spacial score (nSPS) is 9.95. The van der Waals surface area contributed by atoms with Gasteiger partial charge in [0.2, 0.25) is 11.8 Å². The molecule has 2 aromatic rings. The summed E-state index contributed by atoms with van der Waals surface area (Å²) >= 11 is 0. The largest absolute Gasteiger partial charge is 0.326 e. The number of anilines is 2. The van der Waals surface area contributed by atoms with Crippen molar-refractivity contribution in [2.45, 2.75) is 13.5 Å². The molecule has 2 rings (SSSR count). The van der Waals surface area contributed by atoms with E-state index in [0.717, 1.165) is 4.68 Å². The van der Waals surface area contributed by atoms with Gasteiger partial charge >= 0.3 is 0 Å². The van der Waals surface area contributed by atoms with Crippen LogP contribution in [-0.4, -0.2) is 21.6 Å². The van der Waals surface area contributed by atoms with Crippen LogP contribution in [0.25, 0.3) is 0 Å². The van der Waals surface area contributed by atoms with Crippen molar-refractivity contribution < 1.29 is 9.59 Å². The van der Waals surface area contributed by atoms with Gasteiger partial charge in [0.25, 0.3) is 5.56 Å². The van der Waals surface area contributed by atoms with Crippen molar-refractivity contribution in [3.8, 4) is 0 Å². The maximum Gasteiger partial charge on any atom is 0.267 e. The lowest BCUT2D eigenvalue weighted by molar-refractivity contribution is -0.117. The monoisotopic (exact) mass is 286 g/mol. The number of nitrogens with zero attached hydrogens (tertiary/aromatic N) is 2. The van der Waals surface area contributed by atoms with Crippen LogP contribution >= 0.6 is 0 Å². The lowest BCUT2D eigenvalue weighted by atomic mass is 10.2. The van der Waals surface area contributed by atoms with E-state index in [1.54, 1.807) is 24.3 Å². The van der Waals surface area contributed by atoms with Gasteiger partial charge in [-0.3, -0.25) is 14.4 Å². The first kappa shape index (κ1) is 14.4. The number of benzene rings is 1. The predicted octanol–water partition coefficient (Wildman–Crippen LogP) is 0.840. The summed E-state index contributed by atoms with van der Waals surface area (Å²) in [5, 5.41) is 9.07. The van der Waals surface area contributed by atoms with E-state index in [9.17, 15) is 14.4 Å². The number of hydrogen-bond donors (Lipinski definition) is 2. The van der Waals surface area contributed by atoms with E-state index in [1.165, 1.54) is 25.3 Å². The van der Waals surface area contributed by atoms with Crippen LogP contribution in [0.3, 0.4) is 0 Å². The van der Waals surface area contributed by atoms with Gasteiger partial charge in [0.15, 0.2) is 0 Å². The quantitative estimate of drug-likeness (QED) is 0.871. The third-order valence-corrected chi connectivity index (χ3v) is 2.57. The van der Waals surface area contributed by atoms with E-state index < -0.39 is 0 Å². The van der Waals surface area contributed by atoms with Crippen LogP contribution in [-0.2, 0) is 16.1 Å². The molecular formula is C14H14N4O3. The fourth-order valence-corrected chi connectivity index (χ4v) is 1.68. The topological polar surface area (TPSA) is 93.1 Å². The van der Waals surface area contributed by atoms with E-state index in [1.807, 2.05) is 0 Å². The molecule has 0 fully saturated rings. The first-order valence-corrected chi connectivity index (χ1v) is 6.24. The molecular weight excluding hydrogens is 272 g/mol. The Kier molecular flexibility index (Phi) is 4.45. The van der Waals surface area contributed by atoms with Crippen molar-refractivity contribution in [1.29, 1.82) is 0 Å². The van der Waals surface area contributed by atoms with Crippen LogP contribution in [0, 0.1) is 0 Å². The Bertz CT molecular complexity index is 707. The number of carbonyl (C=O) groups is 2. The minimum absolute atomic E-state index is 0.160. The van der Waals surface area contributed by atoms with Gasteiger partial charge in [-0.25, -0.2) is 4.68 Å². The molecule has 21 heavy (non-hydrogen) atoms. The Labute approximate surface area is 120 Å². The first-order chi connectivity index (χ1) is 10.0. The van der Waals surface area contributed by atoms with Crippen LogP contribution in [0.15, 0.2) is 47.4 Å².